The molecule has 0 amide bonds. The minimum atomic E-state index is -0.351. The topological polar surface area (TPSA) is 47.6 Å². The van der Waals surface area contributed by atoms with Crippen LogP contribution in [0.4, 0.5) is 8.78 Å². The number of halogens is 2. The third kappa shape index (κ3) is 2.98. The minimum Gasteiger partial charge on any atom is -0.206 e. The first-order valence-corrected chi connectivity index (χ1v) is 9.96. The summed E-state index contributed by atoms with van der Waals surface area (Å²) < 4.78 is 28.8. The van der Waals surface area contributed by atoms with E-state index in [2.05, 4.69) is 0 Å². The molecule has 0 saturated heterocycles. The van der Waals surface area contributed by atoms with Crippen LogP contribution in [0.15, 0.2) is 90.5 Å². The molecule has 32 heavy (non-hydrogen) atoms. The van der Waals surface area contributed by atoms with Gasteiger partial charge < -0.3 is 0 Å². The molecule has 0 unspecified atom stereocenters. The molecule has 0 bridgehead atoms. The highest BCUT2D eigenvalue weighted by molar-refractivity contribution is 6.05. The molecule has 0 heterocycles. The second kappa shape index (κ2) is 7.61. The summed E-state index contributed by atoms with van der Waals surface area (Å²) >= 11 is 0. The summed E-state index contributed by atoms with van der Waals surface area (Å²) in [5.41, 5.74) is 5.68. The standard InChI is InChI=1S/C28H14F2N2/c29-26-7-3-1-5-20(26)17-9-11-22-23-12-10-18(21-6-2-4-8-27(21)30)14-25(23)28(24(22)13-17)19(15-31)16-32/h1-14H. The normalized spacial score (nSPS) is 11.3. The first-order chi connectivity index (χ1) is 15.6. The lowest BCUT2D eigenvalue weighted by Crippen LogP contribution is -1.90. The van der Waals surface area contributed by atoms with E-state index >= 15 is 0 Å². The summed E-state index contributed by atoms with van der Waals surface area (Å²) in [5.74, 6) is -0.702. The number of hydrogen-bond acceptors (Lipinski definition) is 2. The van der Waals surface area contributed by atoms with Crippen LogP contribution in [0.5, 0.6) is 0 Å². The number of hydrogen-bond donors (Lipinski definition) is 0. The molecule has 0 atom stereocenters. The van der Waals surface area contributed by atoms with Crippen molar-refractivity contribution in [3.05, 3.63) is 113 Å². The van der Waals surface area contributed by atoms with Crippen molar-refractivity contribution in [1.82, 2.24) is 0 Å². The maximum atomic E-state index is 14.4. The SMILES string of the molecule is N#CC(C#N)=C1c2cc(-c3ccccc3F)ccc2-c2ccc(-c3ccccc3F)cc21. The van der Waals surface area contributed by atoms with Gasteiger partial charge in [-0.3, -0.25) is 0 Å². The molecule has 4 heteroatoms. The van der Waals surface area contributed by atoms with Crippen LogP contribution >= 0.6 is 0 Å². The molecule has 150 valence electrons. The van der Waals surface area contributed by atoms with Gasteiger partial charge in [0.25, 0.3) is 0 Å². The summed E-state index contributed by atoms with van der Waals surface area (Å²) in [4.78, 5) is 0. The van der Waals surface area contributed by atoms with E-state index in [4.69, 9.17) is 0 Å². The van der Waals surface area contributed by atoms with Crippen molar-refractivity contribution in [2.75, 3.05) is 0 Å². The number of benzene rings is 4. The second-order valence-electron chi connectivity index (χ2n) is 7.45. The molecular weight excluding hydrogens is 402 g/mol. The quantitative estimate of drug-likeness (QED) is 0.287. The van der Waals surface area contributed by atoms with Gasteiger partial charge >= 0.3 is 0 Å². The van der Waals surface area contributed by atoms with E-state index < -0.39 is 0 Å². The third-order valence-electron chi connectivity index (χ3n) is 5.71. The number of allylic oxidation sites excluding steroid dienone is 1. The van der Waals surface area contributed by atoms with Crippen LogP contribution in [-0.4, -0.2) is 0 Å². The molecule has 1 aliphatic carbocycles. The maximum Gasteiger partial charge on any atom is 0.138 e. The van der Waals surface area contributed by atoms with Crippen LogP contribution in [0, 0.1) is 34.3 Å². The van der Waals surface area contributed by atoms with Gasteiger partial charge in [0, 0.05) is 16.7 Å². The largest absolute Gasteiger partial charge is 0.206 e. The summed E-state index contributed by atoms with van der Waals surface area (Å²) in [6.45, 7) is 0. The predicted octanol–water partition coefficient (Wildman–Crippen LogP) is 7.13. The third-order valence-corrected chi connectivity index (χ3v) is 5.71. The Hall–Kier alpha value is -4.54. The Morgan fingerprint density at radius 3 is 1.38 bits per heavy atom. The fourth-order valence-electron chi connectivity index (χ4n) is 4.25. The molecule has 0 saturated carbocycles. The number of nitriles is 2. The van der Waals surface area contributed by atoms with E-state index in [1.807, 2.05) is 36.4 Å². The van der Waals surface area contributed by atoms with Crippen LogP contribution in [0.1, 0.15) is 11.1 Å². The van der Waals surface area contributed by atoms with E-state index in [0.717, 1.165) is 11.1 Å². The lowest BCUT2D eigenvalue weighted by atomic mass is 9.94. The van der Waals surface area contributed by atoms with Gasteiger partial charge in [0.05, 0.1) is 0 Å². The molecule has 5 rings (SSSR count). The lowest BCUT2D eigenvalue weighted by Gasteiger charge is -2.08. The Morgan fingerprint density at radius 1 is 0.531 bits per heavy atom. The average Bonchev–Trinajstić information content (AvgIpc) is 3.13. The number of fused-ring (bicyclic) bond motifs is 3. The molecule has 0 spiro atoms. The van der Waals surface area contributed by atoms with Gasteiger partial charge in [0.15, 0.2) is 0 Å². The van der Waals surface area contributed by atoms with Gasteiger partial charge in [-0.05, 0) is 57.6 Å². The zero-order valence-corrected chi connectivity index (χ0v) is 16.7. The summed E-state index contributed by atoms with van der Waals surface area (Å²) in [5, 5.41) is 19.3. The Balaban J connectivity index is 1.76. The highest BCUT2D eigenvalue weighted by Gasteiger charge is 2.28. The molecule has 0 fully saturated rings. The minimum absolute atomic E-state index is 0.0404. The van der Waals surface area contributed by atoms with Crippen molar-refractivity contribution >= 4 is 5.57 Å². The van der Waals surface area contributed by atoms with E-state index in [9.17, 15) is 19.3 Å². The lowest BCUT2D eigenvalue weighted by molar-refractivity contribution is 0.631. The summed E-state index contributed by atoms with van der Waals surface area (Å²) in [7, 11) is 0. The van der Waals surface area contributed by atoms with Gasteiger partial charge in [0.2, 0.25) is 0 Å². The van der Waals surface area contributed by atoms with E-state index in [1.54, 1.807) is 48.5 Å². The van der Waals surface area contributed by atoms with Crippen LogP contribution in [-0.2, 0) is 0 Å². The average molecular weight is 416 g/mol. The second-order valence-corrected chi connectivity index (χ2v) is 7.45. The van der Waals surface area contributed by atoms with Crippen molar-refractivity contribution in [2.45, 2.75) is 0 Å². The van der Waals surface area contributed by atoms with Gasteiger partial charge in [0.1, 0.15) is 29.3 Å². The molecule has 0 radical (unpaired) electrons. The Bertz CT molecular complexity index is 1400. The summed E-state index contributed by atoms with van der Waals surface area (Å²) in [6, 6.07) is 27.9. The van der Waals surface area contributed by atoms with Crippen molar-refractivity contribution in [3.63, 3.8) is 0 Å². The van der Waals surface area contributed by atoms with Crippen LogP contribution in [0.3, 0.4) is 0 Å². The van der Waals surface area contributed by atoms with Gasteiger partial charge in [-0.15, -0.1) is 0 Å². The zero-order valence-electron chi connectivity index (χ0n) is 16.7. The predicted molar refractivity (Wildman–Crippen MR) is 120 cm³/mol. The highest BCUT2D eigenvalue weighted by atomic mass is 19.1. The summed E-state index contributed by atoms with van der Waals surface area (Å²) in [6.07, 6.45) is 0. The van der Waals surface area contributed by atoms with Crippen LogP contribution in [0.2, 0.25) is 0 Å². The molecule has 4 aromatic carbocycles. The van der Waals surface area contributed by atoms with E-state index in [-0.39, 0.29) is 17.2 Å². The molecule has 2 nitrogen and oxygen atoms in total. The van der Waals surface area contributed by atoms with Crippen molar-refractivity contribution in [3.8, 4) is 45.5 Å². The number of rotatable bonds is 2. The molecule has 0 aromatic heterocycles. The van der Waals surface area contributed by atoms with Crippen molar-refractivity contribution in [2.24, 2.45) is 0 Å². The Morgan fingerprint density at radius 2 is 0.969 bits per heavy atom. The van der Waals surface area contributed by atoms with Gasteiger partial charge in [-0.2, -0.15) is 10.5 Å². The van der Waals surface area contributed by atoms with E-state index in [0.29, 0.717) is 39.0 Å². The van der Waals surface area contributed by atoms with Gasteiger partial charge in [-0.1, -0.05) is 60.7 Å². The fraction of sp³-hybridized carbons (Fsp3) is 0. The maximum absolute atomic E-state index is 14.4. The molecule has 4 aromatic rings. The highest BCUT2D eigenvalue weighted by Crippen LogP contribution is 2.48. The Labute approximate surface area is 183 Å². The van der Waals surface area contributed by atoms with E-state index in [1.165, 1.54) is 12.1 Å². The van der Waals surface area contributed by atoms with Gasteiger partial charge in [-0.25, -0.2) is 8.78 Å². The first kappa shape index (κ1) is 19.4. The Kier molecular flexibility index (Phi) is 4.62. The molecular formula is C28H14F2N2. The van der Waals surface area contributed by atoms with Crippen LogP contribution < -0.4 is 0 Å². The van der Waals surface area contributed by atoms with Crippen molar-refractivity contribution in [1.29, 1.82) is 10.5 Å². The molecule has 1 aliphatic rings. The smallest absolute Gasteiger partial charge is 0.138 e. The first-order valence-electron chi connectivity index (χ1n) is 9.96. The molecule has 0 N–H and O–H groups in total. The molecule has 0 aliphatic heterocycles. The number of nitrogens with zero attached hydrogens (tertiary/aromatic N) is 2. The van der Waals surface area contributed by atoms with Crippen molar-refractivity contribution < 1.29 is 8.78 Å². The monoisotopic (exact) mass is 416 g/mol. The van der Waals surface area contributed by atoms with Crippen LogP contribution in [0.25, 0.3) is 39.0 Å². The fourth-order valence-corrected chi connectivity index (χ4v) is 4.25. The zero-order chi connectivity index (χ0) is 22.2.